The lowest BCUT2D eigenvalue weighted by Crippen LogP contribution is -2.45. The van der Waals surface area contributed by atoms with Gasteiger partial charge in [-0.15, -0.1) is 0 Å². The van der Waals surface area contributed by atoms with Gasteiger partial charge in [0.2, 0.25) is 18.2 Å². The van der Waals surface area contributed by atoms with Gasteiger partial charge in [0.15, 0.2) is 0 Å². The van der Waals surface area contributed by atoms with Crippen LogP contribution in [0.4, 0.5) is 27.6 Å². The number of rotatable bonds is 14. The van der Waals surface area contributed by atoms with Gasteiger partial charge in [0.25, 0.3) is 12.3 Å². The molecule has 1 aromatic carbocycles. The van der Waals surface area contributed by atoms with Crippen molar-refractivity contribution >= 4 is 30.2 Å². The van der Waals surface area contributed by atoms with E-state index >= 15 is 0 Å². The van der Waals surface area contributed by atoms with Gasteiger partial charge in [0.05, 0.1) is 18.3 Å². The molecule has 54 heavy (non-hydrogen) atoms. The Morgan fingerprint density at radius 3 is 2.28 bits per heavy atom. The second-order valence-electron chi connectivity index (χ2n) is 14.5. The summed E-state index contributed by atoms with van der Waals surface area (Å²) in [4.78, 5) is 49.4. The van der Waals surface area contributed by atoms with Crippen LogP contribution in [0.15, 0.2) is 30.5 Å². The smallest absolute Gasteiger partial charge is 0.269 e. The normalized spacial score (nSPS) is 20.9. The molecule has 2 aliphatic carbocycles. The van der Waals surface area contributed by atoms with Gasteiger partial charge in [-0.25, -0.2) is 22.0 Å². The van der Waals surface area contributed by atoms with Crippen molar-refractivity contribution in [1.29, 1.82) is 0 Å². The molecule has 0 bridgehead atoms. The monoisotopic (exact) mass is 769 g/mol. The molecule has 2 heterocycles. The molecule has 16 heteroatoms. The predicted octanol–water partition coefficient (Wildman–Crippen LogP) is 5.50. The third-order valence-corrected chi connectivity index (χ3v) is 10.7. The van der Waals surface area contributed by atoms with Crippen molar-refractivity contribution in [1.82, 2.24) is 30.2 Å². The van der Waals surface area contributed by atoms with Crippen LogP contribution in [-0.2, 0) is 26.3 Å². The molecule has 3 fully saturated rings. The maximum absolute atomic E-state index is 13.9. The molecule has 2 saturated carbocycles. The molecular formula is C38H56F5N7O4. The van der Waals surface area contributed by atoms with Crippen LogP contribution in [0, 0.1) is 17.7 Å². The number of anilines is 1. The number of aryl methyl sites for hydroxylation is 1. The average Bonchev–Trinajstić information content (AvgIpc) is 3.80. The molecule has 1 aliphatic heterocycles. The molecule has 1 aromatic heterocycles. The van der Waals surface area contributed by atoms with Crippen molar-refractivity contribution in [3.05, 3.63) is 47.5 Å². The zero-order chi connectivity index (χ0) is 40.1. The van der Waals surface area contributed by atoms with E-state index in [9.17, 15) is 41.1 Å². The van der Waals surface area contributed by atoms with E-state index < -0.39 is 35.5 Å². The van der Waals surface area contributed by atoms with Crippen LogP contribution in [0.25, 0.3) is 0 Å². The first-order valence-electron chi connectivity index (χ1n) is 18.7. The number of aldehydes is 1. The minimum atomic E-state index is -2.64. The Labute approximate surface area is 314 Å². The number of carbonyl (C=O) groups excluding carboxylic acids is 4. The number of alkyl halides is 4. The first kappa shape index (κ1) is 44.5. The fraction of sp³-hybridized carbons (Fsp3) is 0.658. The SMILES string of the molecule is CCC(=O)NC(C=O)C1(c2ccc(NC=O)c(F)c2)CC1.CCn1nccc1C(=O)NC(C)C1CCCC(C(C)(F)F)C1.CN1CCN(CC(F)F)CC1. The molecule has 3 N–H and O–H groups in total. The zero-order valence-corrected chi connectivity index (χ0v) is 31.9. The molecule has 1 saturated heterocycles. The van der Waals surface area contributed by atoms with Gasteiger partial charge < -0.3 is 25.6 Å². The quantitative estimate of drug-likeness (QED) is 0.171. The van der Waals surface area contributed by atoms with Crippen LogP contribution in [0.3, 0.4) is 0 Å². The molecule has 4 atom stereocenters. The van der Waals surface area contributed by atoms with Gasteiger partial charge in [-0.3, -0.25) is 24.0 Å². The standard InChI is InChI=1S/C16H25F2N3O.C15H17FN2O3.C7H14F2N2/c1-4-21-14(8-9-19-21)15(22)20-11(2)12-6-5-7-13(10-12)16(3,17)18;1-2-14(21)18-13(8-19)15(5-6-15)10-3-4-12(17-9-20)11(16)7-10;1-10-2-4-11(5-3-10)6-7(8)9/h8-9,11-13H,4-7,10H2,1-3H3,(H,20,22);3-4,7-9,13H,2,5-6H2,1H3,(H,17,20)(H,18,21);7H,2-6H2,1H3. The molecule has 11 nitrogen and oxygen atoms in total. The number of hydrogen-bond donors (Lipinski definition) is 3. The van der Waals surface area contributed by atoms with E-state index in [1.807, 2.05) is 25.8 Å². The van der Waals surface area contributed by atoms with Crippen LogP contribution < -0.4 is 16.0 Å². The maximum Gasteiger partial charge on any atom is 0.269 e. The van der Waals surface area contributed by atoms with E-state index in [0.717, 1.165) is 45.9 Å². The highest BCUT2D eigenvalue weighted by Crippen LogP contribution is 2.51. The number of nitrogens with one attached hydrogen (secondary N) is 3. The molecule has 4 unspecified atom stereocenters. The lowest BCUT2D eigenvalue weighted by atomic mass is 9.76. The summed E-state index contributed by atoms with van der Waals surface area (Å²) in [7, 11) is 2.01. The Hall–Kier alpha value is -3.92. The molecule has 302 valence electrons. The fourth-order valence-corrected chi connectivity index (χ4v) is 7.04. The second-order valence-corrected chi connectivity index (χ2v) is 14.5. The lowest BCUT2D eigenvalue weighted by molar-refractivity contribution is -0.124. The van der Waals surface area contributed by atoms with E-state index in [1.165, 1.54) is 12.1 Å². The summed E-state index contributed by atoms with van der Waals surface area (Å²) in [5.74, 6) is -4.06. The summed E-state index contributed by atoms with van der Waals surface area (Å²) in [6.07, 6.45) is 4.96. The fourth-order valence-electron chi connectivity index (χ4n) is 7.04. The van der Waals surface area contributed by atoms with Gasteiger partial charge in [0, 0.05) is 62.7 Å². The Balaban J connectivity index is 0.000000230. The van der Waals surface area contributed by atoms with Crippen LogP contribution in [0.1, 0.15) is 88.7 Å². The summed E-state index contributed by atoms with van der Waals surface area (Å²) >= 11 is 0. The first-order valence-corrected chi connectivity index (χ1v) is 18.7. The Kier molecular flexibility index (Phi) is 17.0. The van der Waals surface area contributed by atoms with Crippen LogP contribution in [-0.4, -0.2) is 108 Å². The largest absolute Gasteiger partial charge is 0.348 e. The van der Waals surface area contributed by atoms with Crippen molar-refractivity contribution in [3.63, 3.8) is 0 Å². The van der Waals surface area contributed by atoms with E-state index in [2.05, 4.69) is 25.9 Å². The molecule has 2 aromatic rings. The lowest BCUT2D eigenvalue weighted by Gasteiger charge is -2.35. The molecule has 3 aliphatic rings. The number of aromatic nitrogens is 2. The minimum absolute atomic E-state index is 0.0617. The third-order valence-electron chi connectivity index (χ3n) is 10.7. The Morgan fingerprint density at radius 1 is 1.06 bits per heavy atom. The number of carbonyl (C=O) groups is 4. The van der Waals surface area contributed by atoms with Gasteiger partial charge in [-0.05, 0) is 89.6 Å². The number of hydrogen-bond acceptors (Lipinski definition) is 7. The van der Waals surface area contributed by atoms with Crippen molar-refractivity contribution in [3.8, 4) is 0 Å². The van der Waals surface area contributed by atoms with Gasteiger partial charge >= 0.3 is 0 Å². The molecule has 3 amide bonds. The highest BCUT2D eigenvalue weighted by atomic mass is 19.3. The van der Waals surface area contributed by atoms with E-state index in [-0.39, 0.29) is 42.4 Å². The first-order chi connectivity index (χ1) is 25.6. The van der Waals surface area contributed by atoms with Crippen molar-refractivity contribution in [2.24, 2.45) is 11.8 Å². The van der Waals surface area contributed by atoms with Crippen LogP contribution in [0.5, 0.6) is 0 Å². The number of amides is 3. The van der Waals surface area contributed by atoms with Crippen LogP contribution in [0.2, 0.25) is 0 Å². The predicted molar refractivity (Wildman–Crippen MR) is 196 cm³/mol. The summed E-state index contributed by atoms with van der Waals surface area (Å²) in [6.45, 7) is 10.5. The van der Waals surface area contributed by atoms with Crippen LogP contribution >= 0.6 is 0 Å². The highest BCUT2D eigenvalue weighted by molar-refractivity contribution is 5.92. The number of benzene rings is 1. The summed E-state index contributed by atoms with van der Waals surface area (Å²) in [5, 5.41) is 12.0. The Bertz CT molecular complexity index is 1510. The average molecular weight is 770 g/mol. The molecule has 5 rings (SSSR count). The molecular weight excluding hydrogens is 713 g/mol. The molecule has 0 spiro atoms. The second kappa shape index (κ2) is 20.7. The van der Waals surface area contributed by atoms with Gasteiger partial charge in [-0.2, -0.15) is 5.10 Å². The topological polar surface area (TPSA) is 129 Å². The summed E-state index contributed by atoms with van der Waals surface area (Å²) in [6, 6.07) is 5.36. The summed E-state index contributed by atoms with van der Waals surface area (Å²) in [5.41, 5.74) is 0.727. The van der Waals surface area contributed by atoms with Crippen molar-refractivity contribution in [2.75, 3.05) is 45.1 Å². The van der Waals surface area contributed by atoms with Crippen molar-refractivity contribution in [2.45, 2.75) is 109 Å². The van der Waals surface area contributed by atoms with Crippen molar-refractivity contribution < 1.29 is 41.1 Å². The number of halogens is 5. The maximum atomic E-state index is 13.9. The van der Waals surface area contributed by atoms with E-state index in [0.29, 0.717) is 56.2 Å². The molecule has 0 radical (unpaired) electrons. The number of likely N-dealkylation sites (N-methyl/N-ethyl adjacent to an activating group) is 1. The van der Waals surface area contributed by atoms with E-state index in [4.69, 9.17) is 0 Å². The third kappa shape index (κ3) is 12.8. The Morgan fingerprint density at radius 2 is 1.74 bits per heavy atom. The van der Waals surface area contributed by atoms with Gasteiger partial charge in [-0.1, -0.05) is 19.4 Å². The minimum Gasteiger partial charge on any atom is -0.348 e. The van der Waals surface area contributed by atoms with Gasteiger partial charge in [0.1, 0.15) is 17.8 Å². The number of nitrogens with zero attached hydrogens (tertiary/aromatic N) is 4. The highest BCUT2D eigenvalue weighted by Gasteiger charge is 2.51. The van der Waals surface area contributed by atoms with E-state index in [1.54, 1.807) is 29.9 Å². The number of piperazine rings is 1. The zero-order valence-electron chi connectivity index (χ0n) is 31.9. The summed E-state index contributed by atoms with van der Waals surface area (Å²) < 4.78 is 66.3.